The molecule has 0 unspecified atom stereocenters. The molecule has 0 aliphatic heterocycles. The van der Waals surface area contributed by atoms with E-state index in [0.717, 1.165) is 4.53 Å². The molecule has 0 bridgehead atoms. The summed E-state index contributed by atoms with van der Waals surface area (Å²) in [5.74, 6) is 5.23. The molecule has 0 amide bonds. The SMILES string of the molecule is N#Cc1cccc(N(N)Cl)c1. The topological polar surface area (TPSA) is 53.0 Å². The quantitative estimate of drug-likeness (QED) is 0.391. The number of rotatable bonds is 1. The maximum atomic E-state index is 8.49. The fourth-order valence-electron chi connectivity index (χ4n) is 0.708. The first-order valence-electron chi connectivity index (χ1n) is 2.95. The summed E-state index contributed by atoms with van der Waals surface area (Å²) in [7, 11) is 0. The van der Waals surface area contributed by atoms with E-state index in [0.29, 0.717) is 11.3 Å². The predicted molar refractivity (Wildman–Crippen MR) is 43.7 cm³/mol. The van der Waals surface area contributed by atoms with Crippen molar-refractivity contribution in [3.8, 4) is 6.07 Å². The van der Waals surface area contributed by atoms with Crippen molar-refractivity contribution in [3.63, 3.8) is 0 Å². The first-order chi connectivity index (χ1) is 5.24. The number of benzene rings is 1. The number of halogens is 1. The fraction of sp³-hybridized carbons (Fsp3) is 0. The van der Waals surface area contributed by atoms with Crippen LogP contribution in [0, 0.1) is 11.3 Å². The zero-order valence-electron chi connectivity index (χ0n) is 5.66. The van der Waals surface area contributed by atoms with Crippen molar-refractivity contribution >= 4 is 17.5 Å². The Hall–Kier alpha value is -1.24. The van der Waals surface area contributed by atoms with Crippen LogP contribution in [0.4, 0.5) is 5.69 Å². The van der Waals surface area contributed by atoms with Gasteiger partial charge in [-0.2, -0.15) is 5.26 Å². The molecule has 0 saturated carbocycles. The zero-order valence-corrected chi connectivity index (χ0v) is 6.42. The van der Waals surface area contributed by atoms with E-state index in [1.165, 1.54) is 0 Å². The summed E-state index contributed by atoms with van der Waals surface area (Å²) in [5.41, 5.74) is 1.14. The van der Waals surface area contributed by atoms with Crippen LogP contribution < -0.4 is 10.4 Å². The van der Waals surface area contributed by atoms with E-state index < -0.39 is 0 Å². The van der Waals surface area contributed by atoms with Crippen LogP contribution in [-0.2, 0) is 0 Å². The third-order valence-electron chi connectivity index (χ3n) is 1.22. The zero-order chi connectivity index (χ0) is 8.27. The Morgan fingerprint density at radius 1 is 1.55 bits per heavy atom. The molecule has 1 aromatic rings. The molecule has 1 rings (SSSR count). The Kier molecular flexibility index (Phi) is 2.32. The predicted octanol–water partition coefficient (Wildman–Crippen LogP) is 1.39. The molecule has 0 aromatic heterocycles. The Balaban J connectivity index is 3.03. The summed E-state index contributed by atoms with van der Waals surface area (Å²) >= 11 is 5.43. The molecule has 0 radical (unpaired) electrons. The number of hydrogen-bond donors (Lipinski definition) is 1. The summed E-state index contributed by atoms with van der Waals surface area (Å²) in [4.78, 5) is 0. The minimum absolute atomic E-state index is 0.540. The van der Waals surface area contributed by atoms with Gasteiger partial charge in [0.1, 0.15) is 0 Å². The monoisotopic (exact) mass is 167 g/mol. The normalized spacial score (nSPS) is 8.82. The average Bonchev–Trinajstić information content (AvgIpc) is 2.05. The van der Waals surface area contributed by atoms with Crippen LogP contribution >= 0.6 is 11.8 Å². The van der Waals surface area contributed by atoms with Crippen molar-refractivity contribution < 1.29 is 0 Å². The first kappa shape index (κ1) is 7.86. The van der Waals surface area contributed by atoms with E-state index in [1.807, 2.05) is 6.07 Å². The van der Waals surface area contributed by atoms with Crippen molar-refractivity contribution in [3.05, 3.63) is 29.8 Å². The van der Waals surface area contributed by atoms with Crippen LogP contribution in [0.5, 0.6) is 0 Å². The maximum absolute atomic E-state index is 8.49. The van der Waals surface area contributed by atoms with Gasteiger partial charge in [-0.3, -0.25) is 0 Å². The van der Waals surface area contributed by atoms with E-state index in [4.69, 9.17) is 22.9 Å². The number of anilines is 1. The van der Waals surface area contributed by atoms with Crippen LogP contribution in [0.25, 0.3) is 0 Å². The fourth-order valence-corrected chi connectivity index (χ4v) is 0.813. The lowest BCUT2D eigenvalue weighted by atomic mass is 10.2. The second-order valence-electron chi connectivity index (χ2n) is 1.97. The van der Waals surface area contributed by atoms with Crippen molar-refractivity contribution in [2.75, 3.05) is 4.53 Å². The third kappa shape index (κ3) is 1.84. The van der Waals surface area contributed by atoms with Crippen LogP contribution in [-0.4, -0.2) is 0 Å². The molecule has 0 spiro atoms. The molecule has 0 fully saturated rings. The third-order valence-corrected chi connectivity index (χ3v) is 1.42. The number of nitrogens with zero attached hydrogens (tertiary/aromatic N) is 2. The minimum atomic E-state index is 0.540. The Morgan fingerprint density at radius 2 is 2.27 bits per heavy atom. The lowest BCUT2D eigenvalue weighted by molar-refractivity contribution is 1.19. The molecule has 2 N–H and O–H groups in total. The Labute approximate surface area is 69.7 Å². The largest absolute Gasteiger partial charge is 0.232 e. The number of nitriles is 1. The van der Waals surface area contributed by atoms with Crippen molar-refractivity contribution in [2.24, 2.45) is 5.84 Å². The summed E-state index contributed by atoms with van der Waals surface area (Å²) in [6, 6.07) is 8.70. The van der Waals surface area contributed by atoms with Crippen LogP contribution in [0.1, 0.15) is 5.56 Å². The Morgan fingerprint density at radius 3 is 2.82 bits per heavy atom. The lowest BCUT2D eigenvalue weighted by Crippen LogP contribution is -2.18. The van der Waals surface area contributed by atoms with E-state index >= 15 is 0 Å². The maximum Gasteiger partial charge on any atom is 0.0992 e. The molecule has 0 atom stereocenters. The highest BCUT2D eigenvalue weighted by atomic mass is 35.5. The summed E-state index contributed by atoms with van der Waals surface area (Å²) < 4.78 is 0.945. The molecular weight excluding hydrogens is 162 g/mol. The van der Waals surface area contributed by atoms with Crippen LogP contribution in [0.2, 0.25) is 0 Å². The highest BCUT2D eigenvalue weighted by Crippen LogP contribution is 2.13. The number of hydrogen-bond acceptors (Lipinski definition) is 3. The second kappa shape index (κ2) is 3.24. The van der Waals surface area contributed by atoms with Crippen molar-refractivity contribution in [1.82, 2.24) is 0 Å². The lowest BCUT2D eigenvalue weighted by Gasteiger charge is -2.06. The summed E-state index contributed by atoms with van der Waals surface area (Å²) in [5, 5.41) is 8.49. The molecule has 0 aliphatic rings. The average molecular weight is 168 g/mol. The van der Waals surface area contributed by atoms with Gasteiger partial charge in [0.25, 0.3) is 0 Å². The van der Waals surface area contributed by atoms with Gasteiger partial charge in [0.2, 0.25) is 0 Å². The minimum Gasteiger partial charge on any atom is -0.232 e. The number of hydrazine groups is 1. The van der Waals surface area contributed by atoms with Gasteiger partial charge in [0.15, 0.2) is 0 Å². The standard InChI is InChI=1S/C7H6ClN3/c8-11(10)7-3-1-2-6(4-7)5-9/h1-4H,10H2. The van der Waals surface area contributed by atoms with E-state index in [2.05, 4.69) is 0 Å². The van der Waals surface area contributed by atoms with Gasteiger partial charge in [-0.25, -0.2) is 10.4 Å². The second-order valence-corrected chi connectivity index (χ2v) is 2.34. The first-order valence-corrected chi connectivity index (χ1v) is 3.28. The van der Waals surface area contributed by atoms with Gasteiger partial charge >= 0.3 is 0 Å². The highest BCUT2D eigenvalue weighted by molar-refractivity contribution is 6.24. The van der Waals surface area contributed by atoms with Gasteiger partial charge in [0.05, 0.1) is 17.3 Å². The van der Waals surface area contributed by atoms with Gasteiger partial charge in [-0.05, 0) is 18.2 Å². The molecule has 4 heteroatoms. The molecular formula is C7H6ClN3. The van der Waals surface area contributed by atoms with Crippen molar-refractivity contribution in [2.45, 2.75) is 0 Å². The summed E-state index contributed by atoms with van der Waals surface area (Å²) in [6.45, 7) is 0. The van der Waals surface area contributed by atoms with Gasteiger partial charge in [0, 0.05) is 11.8 Å². The molecule has 3 nitrogen and oxygen atoms in total. The van der Waals surface area contributed by atoms with E-state index in [1.54, 1.807) is 24.3 Å². The van der Waals surface area contributed by atoms with Crippen LogP contribution in [0.3, 0.4) is 0 Å². The summed E-state index contributed by atoms with van der Waals surface area (Å²) in [6.07, 6.45) is 0. The van der Waals surface area contributed by atoms with Crippen molar-refractivity contribution in [1.29, 1.82) is 5.26 Å². The van der Waals surface area contributed by atoms with Gasteiger partial charge in [-0.1, -0.05) is 6.07 Å². The van der Waals surface area contributed by atoms with Crippen LogP contribution in [0.15, 0.2) is 24.3 Å². The molecule has 0 aliphatic carbocycles. The van der Waals surface area contributed by atoms with E-state index in [9.17, 15) is 0 Å². The van der Waals surface area contributed by atoms with Gasteiger partial charge < -0.3 is 0 Å². The molecule has 11 heavy (non-hydrogen) atoms. The Bertz CT molecular complexity index is 290. The smallest absolute Gasteiger partial charge is 0.0992 e. The molecule has 0 heterocycles. The molecule has 56 valence electrons. The highest BCUT2D eigenvalue weighted by Gasteiger charge is 1.97. The number of nitrogens with two attached hydrogens (primary N) is 1. The van der Waals surface area contributed by atoms with Gasteiger partial charge in [-0.15, -0.1) is 0 Å². The molecule has 1 aromatic carbocycles. The van der Waals surface area contributed by atoms with E-state index in [-0.39, 0.29) is 0 Å². The molecule has 0 saturated heterocycles.